The van der Waals surface area contributed by atoms with Gasteiger partial charge in [-0.15, -0.1) is 11.3 Å². The Hall–Kier alpha value is -1.36. The van der Waals surface area contributed by atoms with E-state index in [1.54, 1.807) is 11.3 Å². The van der Waals surface area contributed by atoms with Gasteiger partial charge in [0.05, 0.1) is 5.52 Å². The van der Waals surface area contributed by atoms with Crippen molar-refractivity contribution < 1.29 is 4.74 Å². The number of fused-ring (bicyclic) bond motifs is 1. The lowest BCUT2D eigenvalue weighted by Crippen LogP contribution is -2.25. The summed E-state index contributed by atoms with van der Waals surface area (Å²) in [7, 11) is 0. The van der Waals surface area contributed by atoms with Crippen molar-refractivity contribution in [2.24, 2.45) is 0 Å². The smallest absolute Gasteiger partial charge is 0.236 e. The molecule has 1 N–H and O–H groups in total. The van der Waals surface area contributed by atoms with Crippen LogP contribution in [-0.4, -0.2) is 22.6 Å². The van der Waals surface area contributed by atoms with E-state index in [2.05, 4.69) is 22.2 Å². The van der Waals surface area contributed by atoms with Crippen molar-refractivity contribution in [1.29, 1.82) is 0 Å². The van der Waals surface area contributed by atoms with Crippen LogP contribution < -0.4 is 10.1 Å². The Kier molecular flexibility index (Phi) is 3.32. The lowest BCUT2D eigenvalue weighted by atomic mass is 9.96. The molecule has 4 nitrogen and oxygen atoms in total. The van der Waals surface area contributed by atoms with E-state index in [9.17, 15) is 0 Å². The molecule has 0 spiro atoms. The average molecular weight is 263 g/mol. The molecule has 2 aromatic rings. The summed E-state index contributed by atoms with van der Waals surface area (Å²) in [6, 6.07) is 2.02. The second-order valence-corrected chi connectivity index (χ2v) is 5.50. The molecule has 3 rings (SSSR count). The van der Waals surface area contributed by atoms with Gasteiger partial charge in [0.15, 0.2) is 0 Å². The minimum atomic E-state index is 0.351. The van der Waals surface area contributed by atoms with Gasteiger partial charge < -0.3 is 10.1 Å². The number of nitrogens with zero attached hydrogens (tertiary/aromatic N) is 2. The second-order valence-electron chi connectivity index (χ2n) is 4.58. The molecule has 0 aromatic carbocycles. The van der Waals surface area contributed by atoms with Crippen LogP contribution in [0.1, 0.15) is 32.6 Å². The summed E-state index contributed by atoms with van der Waals surface area (Å²) in [5.41, 5.74) is 0.975. The van der Waals surface area contributed by atoms with Gasteiger partial charge in [0.2, 0.25) is 11.8 Å². The Bertz CT molecular complexity index is 536. The summed E-state index contributed by atoms with van der Waals surface area (Å²) in [6.07, 6.45) is 4.97. The monoisotopic (exact) mass is 263 g/mol. The van der Waals surface area contributed by atoms with E-state index in [0.29, 0.717) is 12.1 Å². The molecular formula is C13H17N3OS. The standard InChI is InChI=1S/C13H17N3OS/c1-2-7-14-13-15-10-6-8-18-11(10)12(16-13)17-9-4-3-5-9/h6,8-9H,2-5,7H2,1H3,(H,14,15,16). The SMILES string of the molecule is CCCNc1nc(OC2CCC2)c2sccc2n1. The van der Waals surface area contributed by atoms with E-state index in [1.165, 1.54) is 6.42 Å². The number of hydrogen-bond donors (Lipinski definition) is 1. The molecule has 1 aliphatic carbocycles. The number of nitrogens with one attached hydrogen (secondary N) is 1. The third-order valence-corrected chi connectivity index (χ3v) is 4.03. The summed E-state index contributed by atoms with van der Waals surface area (Å²) in [4.78, 5) is 8.99. The summed E-state index contributed by atoms with van der Waals surface area (Å²) in [5, 5.41) is 5.27. The van der Waals surface area contributed by atoms with Crippen molar-refractivity contribution in [3.05, 3.63) is 11.4 Å². The van der Waals surface area contributed by atoms with Crippen LogP contribution in [0.15, 0.2) is 11.4 Å². The summed E-state index contributed by atoms with van der Waals surface area (Å²) in [6.45, 7) is 3.01. The van der Waals surface area contributed by atoms with Crippen LogP contribution in [-0.2, 0) is 0 Å². The summed E-state index contributed by atoms with van der Waals surface area (Å²) in [5.74, 6) is 1.43. The van der Waals surface area contributed by atoms with E-state index in [0.717, 1.165) is 41.9 Å². The van der Waals surface area contributed by atoms with Crippen LogP contribution in [0.2, 0.25) is 0 Å². The van der Waals surface area contributed by atoms with Crippen LogP contribution in [0, 0.1) is 0 Å². The molecule has 1 aliphatic rings. The number of anilines is 1. The normalized spacial score (nSPS) is 15.6. The van der Waals surface area contributed by atoms with Crippen molar-refractivity contribution in [1.82, 2.24) is 9.97 Å². The minimum Gasteiger partial charge on any atom is -0.473 e. The number of thiophene rings is 1. The molecule has 0 saturated heterocycles. The average Bonchev–Trinajstić information content (AvgIpc) is 2.79. The highest BCUT2D eigenvalue weighted by atomic mass is 32.1. The highest BCUT2D eigenvalue weighted by Gasteiger charge is 2.21. The summed E-state index contributed by atoms with van der Waals surface area (Å²) >= 11 is 1.65. The highest BCUT2D eigenvalue weighted by molar-refractivity contribution is 7.17. The molecule has 0 aliphatic heterocycles. The lowest BCUT2D eigenvalue weighted by molar-refractivity contribution is 0.117. The van der Waals surface area contributed by atoms with Gasteiger partial charge in [0, 0.05) is 6.54 Å². The number of rotatable bonds is 5. The van der Waals surface area contributed by atoms with Gasteiger partial charge >= 0.3 is 0 Å². The zero-order chi connectivity index (χ0) is 12.4. The van der Waals surface area contributed by atoms with Gasteiger partial charge in [-0.05, 0) is 37.1 Å². The number of aromatic nitrogens is 2. The van der Waals surface area contributed by atoms with E-state index >= 15 is 0 Å². The zero-order valence-electron chi connectivity index (χ0n) is 10.5. The van der Waals surface area contributed by atoms with E-state index in [-0.39, 0.29) is 0 Å². The highest BCUT2D eigenvalue weighted by Crippen LogP contribution is 2.32. The molecule has 1 fully saturated rings. The zero-order valence-corrected chi connectivity index (χ0v) is 11.3. The molecule has 0 radical (unpaired) electrons. The molecule has 1 saturated carbocycles. The molecule has 5 heteroatoms. The van der Waals surface area contributed by atoms with Crippen molar-refractivity contribution in [2.45, 2.75) is 38.7 Å². The Morgan fingerprint density at radius 3 is 3.06 bits per heavy atom. The van der Waals surface area contributed by atoms with Crippen LogP contribution in [0.3, 0.4) is 0 Å². The maximum absolute atomic E-state index is 5.96. The molecule has 2 aromatic heterocycles. The first-order chi connectivity index (χ1) is 8.86. The van der Waals surface area contributed by atoms with Gasteiger partial charge in [-0.3, -0.25) is 0 Å². The van der Waals surface area contributed by atoms with E-state index in [4.69, 9.17) is 4.74 Å². The van der Waals surface area contributed by atoms with Crippen LogP contribution >= 0.6 is 11.3 Å². The molecule has 0 atom stereocenters. The molecule has 0 bridgehead atoms. The topological polar surface area (TPSA) is 47.0 Å². The van der Waals surface area contributed by atoms with Gasteiger partial charge in [-0.2, -0.15) is 4.98 Å². The van der Waals surface area contributed by atoms with Gasteiger partial charge in [0.1, 0.15) is 10.8 Å². The maximum Gasteiger partial charge on any atom is 0.236 e. The van der Waals surface area contributed by atoms with Gasteiger partial charge in [-0.1, -0.05) is 6.92 Å². The van der Waals surface area contributed by atoms with Crippen LogP contribution in [0.4, 0.5) is 5.95 Å². The van der Waals surface area contributed by atoms with E-state index in [1.807, 2.05) is 11.4 Å². The Morgan fingerprint density at radius 1 is 1.44 bits per heavy atom. The van der Waals surface area contributed by atoms with Crippen molar-refractivity contribution in [2.75, 3.05) is 11.9 Å². The molecule has 18 heavy (non-hydrogen) atoms. The first kappa shape index (κ1) is 11.7. The predicted molar refractivity (Wildman–Crippen MR) is 74.5 cm³/mol. The Morgan fingerprint density at radius 2 is 2.33 bits per heavy atom. The first-order valence-corrected chi connectivity index (χ1v) is 7.40. The largest absolute Gasteiger partial charge is 0.473 e. The fourth-order valence-corrected chi connectivity index (χ4v) is 2.64. The molecule has 0 amide bonds. The fraction of sp³-hybridized carbons (Fsp3) is 0.538. The quantitative estimate of drug-likeness (QED) is 0.897. The fourth-order valence-electron chi connectivity index (χ4n) is 1.88. The minimum absolute atomic E-state index is 0.351. The van der Waals surface area contributed by atoms with Crippen molar-refractivity contribution in [3.63, 3.8) is 0 Å². The van der Waals surface area contributed by atoms with E-state index < -0.39 is 0 Å². The third-order valence-electron chi connectivity index (χ3n) is 3.14. The second kappa shape index (κ2) is 5.10. The molecule has 96 valence electrons. The molecule has 0 unspecified atom stereocenters. The Labute approximate surface area is 110 Å². The maximum atomic E-state index is 5.96. The Balaban J connectivity index is 1.89. The third kappa shape index (κ3) is 2.27. The van der Waals surface area contributed by atoms with Crippen molar-refractivity contribution >= 4 is 27.5 Å². The first-order valence-electron chi connectivity index (χ1n) is 6.52. The predicted octanol–water partition coefficient (Wildman–Crippen LogP) is 3.44. The van der Waals surface area contributed by atoms with Crippen LogP contribution in [0.25, 0.3) is 10.2 Å². The summed E-state index contributed by atoms with van der Waals surface area (Å²) < 4.78 is 7.02. The van der Waals surface area contributed by atoms with Crippen molar-refractivity contribution in [3.8, 4) is 5.88 Å². The van der Waals surface area contributed by atoms with Crippen LogP contribution in [0.5, 0.6) is 5.88 Å². The number of hydrogen-bond acceptors (Lipinski definition) is 5. The van der Waals surface area contributed by atoms with Gasteiger partial charge in [-0.25, -0.2) is 4.98 Å². The molecular weight excluding hydrogens is 246 g/mol. The molecule has 2 heterocycles. The lowest BCUT2D eigenvalue weighted by Gasteiger charge is -2.26. The van der Waals surface area contributed by atoms with Gasteiger partial charge in [0.25, 0.3) is 0 Å². The number of ether oxygens (including phenoxy) is 1.